The number of benzene rings is 1. The Balaban J connectivity index is 2.94. The summed E-state index contributed by atoms with van der Waals surface area (Å²) < 4.78 is 0. The average Bonchev–Trinajstić information content (AvgIpc) is 2.27. The van der Waals surface area contributed by atoms with Gasteiger partial charge >= 0.3 is 0 Å². The minimum Gasteiger partial charge on any atom is -0.508 e. The smallest absolute Gasteiger partial charge is 0.254 e. The summed E-state index contributed by atoms with van der Waals surface area (Å²) in [7, 11) is 0. The molecule has 1 amide bonds. The Kier molecular flexibility index (Phi) is 4.97. The van der Waals surface area contributed by atoms with Crippen molar-refractivity contribution in [2.24, 2.45) is 5.73 Å². The minimum absolute atomic E-state index is 0.0357. The number of aromatic hydroxyl groups is 2. The van der Waals surface area contributed by atoms with Gasteiger partial charge in [0.05, 0.1) is 0 Å². The molecule has 1 rings (SSSR count). The van der Waals surface area contributed by atoms with Crippen LogP contribution in [-0.4, -0.2) is 40.2 Å². The van der Waals surface area contributed by atoms with Gasteiger partial charge in [0.1, 0.15) is 11.5 Å². The fourth-order valence-electron chi connectivity index (χ4n) is 1.74. The second kappa shape index (κ2) is 6.26. The summed E-state index contributed by atoms with van der Waals surface area (Å²) in [6.45, 7) is 4.90. The molecule has 0 radical (unpaired) electrons. The zero-order chi connectivity index (χ0) is 13.7. The Morgan fingerprint density at radius 1 is 1.28 bits per heavy atom. The molecule has 18 heavy (non-hydrogen) atoms. The molecule has 1 aromatic rings. The van der Waals surface area contributed by atoms with Crippen LogP contribution in [0.15, 0.2) is 18.2 Å². The average molecular weight is 252 g/mol. The molecule has 0 saturated carbocycles. The zero-order valence-corrected chi connectivity index (χ0v) is 10.8. The number of nitrogens with two attached hydrogens (primary N) is 1. The molecule has 0 heterocycles. The van der Waals surface area contributed by atoms with Gasteiger partial charge in [0.2, 0.25) is 0 Å². The Labute approximate surface area is 107 Å². The fourth-order valence-corrected chi connectivity index (χ4v) is 1.74. The molecule has 0 unspecified atom stereocenters. The molecular weight excluding hydrogens is 232 g/mol. The summed E-state index contributed by atoms with van der Waals surface area (Å²) >= 11 is 0. The summed E-state index contributed by atoms with van der Waals surface area (Å²) in [4.78, 5) is 13.9. The molecule has 0 aliphatic rings. The minimum atomic E-state index is -0.218. The number of phenols is 2. The number of hydrogen-bond acceptors (Lipinski definition) is 4. The number of rotatable bonds is 5. The summed E-state index contributed by atoms with van der Waals surface area (Å²) in [5, 5.41) is 18.8. The van der Waals surface area contributed by atoms with E-state index in [9.17, 15) is 15.0 Å². The highest BCUT2D eigenvalue weighted by Crippen LogP contribution is 2.22. The van der Waals surface area contributed by atoms with Gasteiger partial charge in [-0.05, 0) is 38.9 Å². The Bertz CT molecular complexity index is 398. The van der Waals surface area contributed by atoms with Crippen LogP contribution >= 0.6 is 0 Å². The van der Waals surface area contributed by atoms with Crippen LogP contribution in [0.2, 0.25) is 0 Å². The van der Waals surface area contributed by atoms with Gasteiger partial charge in [0, 0.05) is 24.2 Å². The first-order chi connectivity index (χ1) is 8.45. The van der Waals surface area contributed by atoms with Crippen LogP contribution in [0, 0.1) is 0 Å². The van der Waals surface area contributed by atoms with E-state index in [1.54, 1.807) is 4.90 Å². The molecule has 0 saturated heterocycles. The van der Waals surface area contributed by atoms with Crippen LogP contribution in [0.4, 0.5) is 0 Å². The van der Waals surface area contributed by atoms with Crippen molar-refractivity contribution in [1.29, 1.82) is 0 Å². The van der Waals surface area contributed by atoms with Gasteiger partial charge in [0.25, 0.3) is 5.91 Å². The largest absolute Gasteiger partial charge is 0.508 e. The third-order valence-corrected chi connectivity index (χ3v) is 2.64. The van der Waals surface area contributed by atoms with Crippen molar-refractivity contribution in [3.05, 3.63) is 23.8 Å². The number of carbonyl (C=O) groups is 1. The van der Waals surface area contributed by atoms with E-state index in [0.29, 0.717) is 19.5 Å². The normalized spacial score (nSPS) is 10.7. The third-order valence-electron chi connectivity index (χ3n) is 2.64. The summed E-state index contributed by atoms with van der Waals surface area (Å²) in [6, 6.07) is 3.92. The van der Waals surface area contributed by atoms with Crippen LogP contribution in [-0.2, 0) is 0 Å². The highest BCUT2D eigenvalue weighted by atomic mass is 16.3. The van der Waals surface area contributed by atoms with E-state index in [1.807, 2.05) is 13.8 Å². The van der Waals surface area contributed by atoms with Gasteiger partial charge in [-0.2, -0.15) is 0 Å². The van der Waals surface area contributed by atoms with E-state index >= 15 is 0 Å². The number of phenolic OH excluding ortho intramolecular Hbond substituents is 2. The molecule has 100 valence electrons. The maximum Gasteiger partial charge on any atom is 0.254 e. The zero-order valence-electron chi connectivity index (χ0n) is 10.8. The molecule has 0 bridgehead atoms. The van der Waals surface area contributed by atoms with Gasteiger partial charge in [-0.3, -0.25) is 4.79 Å². The van der Waals surface area contributed by atoms with Crippen LogP contribution in [0.5, 0.6) is 11.5 Å². The maximum atomic E-state index is 12.3. The summed E-state index contributed by atoms with van der Waals surface area (Å²) in [6.07, 6.45) is 0.717. The summed E-state index contributed by atoms with van der Waals surface area (Å²) in [5.41, 5.74) is 5.72. The Morgan fingerprint density at radius 3 is 2.28 bits per heavy atom. The van der Waals surface area contributed by atoms with Crippen molar-refractivity contribution in [2.45, 2.75) is 26.3 Å². The third kappa shape index (κ3) is 3.63. The van der Waals surface area contributed by atoms with Gasteiger partial charge in [0.15, 0.2) is 0 Å². The van der Waals surface area contributed by atoms with Crippen LogP contribution in [0.1, 0.15) is 30.6 Å². The fraction of sp³-hybridized carbons (Fsp3) is 0.462. The van der Waals surface area contributed by atoms with Crippen molar-refractivity contribution < 1.29 is 15.0 Å². The second-order valence-corrected chi connectivity index (χ2v) is 4.47. The molecule has 0 fully saturated rings. The second-order valence-electron chi connectivity index (χ2n) is 4.47. The van der Waals surface area contributed by atoms with Crippen molar-refractivity contribution in [1.82, 2.24) is 4.90 Å². The molecule has 0 spiro atoms. The number of hydrogen-bond donors (Lipinski definition) is 3. The quantitative estimate of drug-likeness (QED) is 0.737. The molecular formula is C13H20N2O3. The van der Waals surface area contributed by atoms with Gasteiger partial charge < -0.3 is 20.8 Å². The van der Waals surface area contributed by atoms with Crippen molar-refractivity contribution in [3.63, 3.8) is 0 Å². The van der Waals surface area contributed by atoms with E-state index in [-0.39, 0.29) is 29.0 Å². The predicted octanol–water partition coefficient (Wildman–Crippen LogP) is 1.30. The van der Waals surface area contributed by atoms with Crippen LogP contribution in [0.3, 0.4) is 0 Å². The molecule has 0 aromatic heterocycles. The number of carbonyl (C=O) groups excluding carboxylic acids is 1. The van der Waals surface area contributed by atoms with Crippen molar-refractivity contribution in [2.75, 3.05) is 13.1 Å². The molecule has 0 aliphatic carbocycles. The van der Waals surface area contributed by atoms with Gasteiger partial charge in [-0.25, -0.2) is 0 Å². The standard InChI is InChI=1S/C13H20N2O3/c1-9(2)15(5-3-4-14)13(18)10-6-11(16)8-12(17)7-10/h6-9,16-17H,3-5,14H2,1-2H3. The topological polar surface area (TPSA) is 86.8 Å². The molecule has 1 aromatic carbocycles. The van der Waals surface area contributed by atoms with Crippen LogP contribution in [0.25, 0.3) is 0 Å². The number of nitrogens with zero attached hydrogens (tertiary/aromatic N) is 1. The Hall–Kier alpha value is -1.75. The van der Waals surface area contributed by atoms with E-state index in [0.717, 1.165) is 0 Å². The molecule has 5 heteroatoms. The first-order valence-corrected chi connectivity index (χ1v) is 5.99. The lowest BCUT2D eigenvalue weighted by Gasteiger charge is -2.26. The SMILES string of the molecule is CC(C)N(CCCN)C(=O)c1cc(O)cc(O)c1. The maximum absolute atomic E-state index is 12.3. The van der Waals surface area contributed by atoms with Crippen molar-refractivity contribution in [3.8, 4) is 11.5 Å². The van der Waals surface area contributed by atoms with Crippen LogP contribution < -0.4 is 5.73 Å². The van der Waals surface area contributed by atoms with Gasteiger partial charge in [-0.1, -0.05) is 0 Å². The van der Waals surface area contributed by atoms with E-state index in [1.165, 1.54) is 18.2 Å². The number of amides is 1. The van der Waals surface area contributed by atoms with Gasteiger partial charge in [-0.15, -0.1) is 0 Å². The molecule has 4 N–H and O–H groups in total. The first-order valence-electron chi connectivity index (χ1n) is 5.99. The lowest BCUT2D eigenvalue weighted by molar-refractivity contribution is 0.0704. The highest BCUT2D eigenvalue weighted by Gasteiger charge is 2.19. The Morgan fingerprint density at radius 2 is 1.83 bits per heavy atom. The molecule has 5 nitrogen and oxygen atoms in total. The monoisotopic (exact) mass is 252 g/mol. The van der Waals surface area contributed by atoms with Crippen molar-refractivity contribution >= 4 is 5.91 Å². The van der Waals surface area contributed by atoms with E-state index in [4.69, 9.17) is 5.73 Å². The summed E-state index contributed by atoms with van der Waals surface area (Å²) in [5.74, 6) is -0.466. The van der Waals surface area contributed by atoms with E-state index in [2.05, 4.69) is 0 Å². The predicted molar refractivity (Wildman–Crippen MR) is 69.6 cm³/mol. The highest BCUT2D eigenvalue weighted by molar-refractivity contribution is 5.95. The first kappa shape index (κ1) is 14.3. The molecule has 0 atom stereocenters. The molecule has 0 aliphatic heterocycles. The lowest BCUT2D eigenvalue weighted by atomic mass is 10.1. The van der Waals surface area contributed by atoms with E-state index < -0.39 is 0 Å². The lowest BCUT2D eigenvalue weighted by Crippen LogP contribution is -2.38.